The smallest absolute Gasteiger partial charge is 0.232 e. The van der Waals surface area contributed by atoms with E-state index in [4.69, 9.17) is 9.47 Å². The minimum absolute atomic E-state index is 0.00186. The second-order valence-electron chi connectivity index (χ2n) is 7.65. The number of benzene rings is 2. The van der Waals surface area contributed by atoms with Crippen molar-refractivity contribution in [3.8, 4) is 11.5 Å². The molecule has 0 spiro atoms. The van der Waals surface area contributed by atoms with Crippen LogP contribution in [-0.2, 0) is 22.4 Å². The maximum absolute atomic E-state index is 13.1. The normalized spacial score (nSPS) is 18.0. The van der Waals surface area contributed by atoms with E-state index < -0.39 is 0 Å². The van der Waals surface area contributed by atoms with Gasteiger partial charge in [-0.05, 0) is 54.7 Å². The molecule has 1 heterocycles. The Bertz CT molecular complexity index is 956. The Morgan fingerprint density at radius 2 is 1.79 bits per heavy atom. The lowest BCUT2D eigenvalue weighted by molar-refractivity contribution is -0.124. The molecule has 152 valence electrons. The Balaban J connectivity index is 1.50. The van der Waals surface area contributed by atoms with Crippen LogP contribution in [0.5, 0.6) is 11.5 Å². The van der Waals surface area contributed by atoms with Crippen molar-refractivity contribution in [2.24, 2.45) is 5.92 Å². The van der Waals surface area contributed by atoms with E-state index in [-0.39, 0.29) is 24.2 Å². The van der Waals surface area contributed by atoms with Crippen LogP contribution in [0.4, 0.5) is 11.4 Å². The second-order valence-corrected chi connectivity index (χ2v) is 7.65. The van der Waals surface area contributed by atoms with Gasteiger partial charge in [-0.1, -0.05) is 6.07 Å². The molecule has 0 saturated carbocycles. The summed E-state index contributed by atoms with van der Waals surface area (Å²) >= 11 is 0. The highest BCUT2D eigenvalue weighted by Gasteiger charge is 2.37. The van der Waals surface area contributed by atoms with Gasteiger partial charge in [0.05, 0.1) is 20.1 Å². The Morgan fingerprint density at radius 1 is 1.03 bits per heavy atom. The first-order valence-corrected chi connectivity index (χ1v) is 9.93. The van der Waals surface area contributed by atoms with Crippen molar-refractivity contribution in [2.75, 3.05) is 37.6 Å². The van der Waals surface area contributed by atoms with Crippen molar-refractivity contribution in [2.45, 2.75) is 25.7 Å². The number of rotatable bonds is 5. The predicted molar refractivity (Wildman–Crippen MR) is 112 cm³/mol. The molecule has 1 aliphatic carbocycles. The molecular weight excluding hydrogens is 368 g/mol. The SMILES string of the molecule is COc1ccc(N(C)C(=O)C2CC(=O)N(c3ccc4c(c3)CCC4)C2)cc1OC. The van der Waals surface area contributed by atoms with E-state index in [1.807, 2.05) is 12.1 Å². The quantitative estimate of drug-likeness (QED) is 0.781. The molecule has 0 radical (unpaired) electrons. The highest BCUT2D eigenvalue weighted by molar-refractivity contribution is 6.04. The van der Waals surface area contributed by atoms with Gasteiger partial charge in [0.25, 0.3) is 0 Å². The number of methoxy groups -OCH3 is 2. The highest BCUT2D eigenvalue weighted by Crippen LogP contribution is 2.34. The Kier molecular flexibility index (Phi) is 5.18. The molecular formula is C23H26N2O4. The summed E-state index contributed by atoms with van der Waals surface area (Å²) in [6, 6.07) is 11.6. The second kappa shape index (κ2) is 7.78. The molecule has 0 N–H and O–H groups in total. The summed E-state index contributed by atoms with van der Waals surface area (Å²) in [5.74, 6) is 0.730. The summed E-state index contributed by atoms with van der Waals surface area (Å²) < 4.78 is 10.6. The Morgan fingerprint density at radius 3 is 2.55 bits per heavy atom. The first kappa shape index (κ1) is 19.3. The van der Waals surface area contributed by atoms with E-state index in [2.05, 4.69) is 12.1 Å². The lowest BCUT2D eigenvalue weighted by atomic mass is 10.1. The first-order valence-electron chi connectivity index (χ1n) is 9.93. The van der Waals surface area contributed by atoms with Crippen LogP contribution in [0, 0.1) is 5.92 Å². The van der Waals surface area contributed by atoms with Gasteiger partial charge in [-0.2, -0.15) is 0 Å². The zero-order valence-electron chi connectivity index (χ0n) is 17.1. The van der Waals surface area contributed by atoms with E-state index in [0.29, 0.717) is 23.7 Å². The van der Waals surface area contributed by atoms with E-state index in [0.717, 1.165) is 18.5 Å². The number of fused-ring (bicyclic) bond motifs is 1. The summed E-state index contributed by atoms with van der Waals surface area (Å²) in [6.07, 6.45) is 3.58. The summed E-state index contributed by atoms with van der Waals surface area (Å²) in [4.78, 5) is 29.1. The van der Waals surface area contributed by atoms with Gasteiger partial charge in [-0.15, -0.1) is 0 Å². The molecule has 0 aromatic heterocycles. The topological polar surface area (TPSA) is 59.1 Å². The molecule has 2 aromatic rings. The molecule has 6 heteroatoms. The highest BCUT2D eigenvalue weighted by atomic mass is 16.5. The molecule has 1 saturated heterocycles. The van der Waals surface area contributed by atoms with Gasteiger partial charge in [-0.3, -0.25) is 9.59 Å². The van der Waals surface area contributed by atoms with E-state index >= 15 is 0 Å². The standard InChI is InChI=1S/C23H26N2O4/c1-24(18-9-10-20(28-2)21(13-18)29-3)23(27)17-12-22(26)25(14-17)19-8-7-15-5-4-6-16(15)11-19/h7-11,13,17H,4-6,12,14H2,1-3H3. The lowest BCUT2D eigenvalue weighted by Gasteiger charge is -2.22. The van der Waals surface area contributed by atoms with Crippen molar-refractivity contribution in [3.05, 3.63) is 47.5 Å². The third-order valence-corrected chi connectivity index (χ3v) is 5.95. The summed E-state index contributed by atoms with van der Waals surface area (Å²) in [5, 5.41) is 0. The first-order chi connectivity index (χ1) is 14.0. The van der Waals surface area contributed by atoms with Crippen molar-refractivity contribution in [3.63, 3.8) is 0 Å². The molecule has 1 fully saturated rings. The van der Waals surface area contributed by atoms with E-state index in [9.17, 15) is 9.59 Å². The van der Waals surface area contributed by atoms with Crippen LogP contribution in [0.2, 0.25) is 0 Å². The van der Waals surface area contributed by atoms with Gasteiger partial charge in [0.15, 0.2) is 11.5 Å². The number of hydrogen-bond donors (Lipinski definition) is 0. The minimum Gasteiger partial charge on any atom is -0.493 e. The van der Waals surface area contributed by atoms with Gasteiger partial charge in [-0.25, -0.2) is 0 Å². The van der Waals surface area contributed by atoms with Gasteiger partial charge >= 0.3 is 0 Å². The van der Waals surface area contributed by atoms with Crippen LogP contribution in [0.1, 0.15) is 24.0 Å². The molecule has 1 aliphatic heterocycles. The molecule has 2 amide bonds. The number of carbonyl (C=O) groups excluding carboxylic acids is 2. The molecule has 1 atom stereocenters. The summed E-state index contributed by atoms with van der Waals surface area (Å²) in [5.41, 5.74) is 4.31. The molecule has 6 nitrogen and oxygen atoms in total. The van der Waals surface area contributed by atoms with Crippen molar-refractivity contribution >= 4 is 23.2 Å². The van der Waals surface area contributed by atoms with E-state index in [1.54, 1.807) is 43.2 Å². The number of nitrogens with zero attached hydrogens (tertiary/aromatic N) is 2. The molecule has 1 unspecified atom stereocenters. The maximum atomic E-state index is 13.1. The third-order valence-electron chi connectivity index (χ3n) is 5.95. The average molecular weight is 394 g/mol. The van der Waals surface area contributed by atoms with Gasteiger partial charge in [0, 0.05) is 37.5 Å². The number of anilines is 2. The minimum atomic E-state index is -0.367. The molecule has 0 bridgehead atoms. The fourth-order valence-electron chi connectivity index (χ4n) is 4.28. The van der Waals surface area contributed by atoms with Crippen molar-refractivity contribution in [1.29, 1.82) is 0 Å². The zero-order valence-corrected chi connectivity index (χ0v) is 17.1. The molecule has 2 aliphatic rings. The molecule has 4 rings (SSSR count). The fraction of sp³-hybridized carbons (Fsp3) is 0.391. The van der Waals surface area contributed by atoms with Crippen LogP contribution >= 0.6 is 0 Å². The molecule has 2 aromatic carbocycles. The Hall–Kier alpha value is -3.02. The van der Waals surface area contributed by atoms with Crippen LogP contribution in [-0.4, -0.2) is 39.6 Å². The maximum Gasteiger partial charge on any atom is 0.232 e. The third kappa shape index (κ3) is 3.55. The molecule has 29 heavy (non-hydrogen) atoms. The Labute approximate surface area is 171 Å². The summed E-state index contributed by atoms with van der Waals surface area (Å²) in [6.45, 7) is 0.411. The van der Waals surface area contributed by atoms with Crippen LogP contribution < -0.4 is 19.3 Å². The number of hydrogen-bond acceptors (Lipinski definition) is 4. The van der Waals surface area contributed by atoms with Gasteiger partial charge in [0.1, 0.15) is 0 Å². The number of carbonyl (C=O) groups is 2. The predicted octanol–water partition coefficient (Wildman–Crippen LogP) is 3.21. The summed E-state index contributed by atoms with van der Waals surface area (Å²) in [7, 11) is 4.86. The number of amides is 2. The number of aryl methyl sites for hydroxylation is 2. The van der Waals surface area contributed by atoms with Crippen LogP contribution in [0.25, 0.3) is 0 Å². The van der Waals surface area contributed by atoms with Gasteiger partial charge in [0.2, 0.25) is 11.8 Å². The van der Waals surface area contributed by atoms with Crippen molar-refractivity contribution < 1.29 is 19.1 Å². The zero-order chi connectivity index (χ0) is 20.5. The average Bonchev–Trinajstić information content (AvgIpc) is 3.37. The fourth-order valence-corrected chi connectivity index (χ4v) is 4.28. The van der Waals surface area contributed by atoms with Crippen molar-refractivity contribution in [1.82, 2.24) is 0 Å². The lowest BCUT2D eigenvalue weighted by Crippen LogP contribution is -2.34. The van der Waals surface area contributed by atoms with Crippen LogP contribution in [0.3, 0.4) is 0 Å². The van der Waals surface area contributed by atoms with Crippen LogP contribution in [0.15, 0.2) is 36.4 Å². The largest absolute Gasteiger partial charge is 0.493 e. The monoisotopic (exact) mass is 394 g/mol. The van der Waals surface area contributed by atoms with E-state index in [1.165, 1.54) is 17.5 Å². The number of ether oxygens (including phenoxy) is 2. The van der Waals surface area contributed by atoms with Gasteiger partial charge < -0.3 is 19.3 Å².